The summed E-state index contributed by atoms with van der Waals surface area (Å²) < 4.78 is 10.8. The van der Waals surface area contributed by atoms with Crippen molar-refractivity contribution in [2.45, 2.75) is 25.3 Å². The Morgan fingerprint density at radius 1 is 1.07 bits per heavy atom. The summed E-state index contributed by atoms with van der Waals surface area (Å²) in [6, 6.07) is 14.8. The number of nitrogens with zero attached hydrogens (tertiary/aromatic N) is 2. The van der Waals surface area contributed by atoms with Gasteiger partial charge in [-0.15, -0.1) is 0 Å². The molecular formula is C20H17N2O5-. The summed E-state index contributed by atoms with van der Waals surface area (Å²) in [5.74, 6) is -0.319. The van der Waals surface area contributed by atoms with Gasteiger partial charge >= 0.3 is 0 Å². The van der Waals surface area contributed by atoms with E-state index >= 15 is 0 Å². The Morgan fingerprint density at radius 3 is 2.63 bits per heavy atom. The number of carboxylic acid groups (broad SMARTS) is 1. The number of ether oxygens (including phenoxy) is 2. The van der Waals surface area contributed by atoms with Crippen LogP contribution in [0.4, 0.5) is 0 Å². The van der Waals surface area contributed by atoms with E-state index in [4.69, 9.17) is 9.47 Å². The third-order valence-corrected chi connectivity index (χ3v) is 4.60. The molecule has 2 aliphatic heterocycles. The molecule has 0 fully saturated rings. The molecule has 0 aliphatic carbocycles. The van der Waals surface area contributed by atoms with E-state index in [1.807, 2.05) is 48.5 Å². The van der Waals surface area contributed by atoms with E-state index < -0.39 is 5.97 Å². The smallest absolute Gasteiger partial charge is 0.243 e. The summed E-state index contributed by atoms with van der Waals surface area (Å²) in [6.45, 7) is 0.170. The van der Waals surface area contributed by atoms with Crippen molar-refractivity contribution in [2.24, 2.45) is 5.10 Å². The maximum atomic E-state index is 12.6. The molecule has 7 nitrogen and oxygen atoms in total. The summed E-state index contributed by atoms with van der Waals surface area (Å²) >= 11 is 0. The van der Waals surface area contributed by atoms with Crippen LogP contribution >= 0.6 is 0 Å². The molecular weight excluding hydrogens is 348 g/mol. The molecule has 138 valence electrons. The van der Waals surface area contributed by atoms with Gasteiger partial charge in [0.25, 0.3) is 0 Å². The van der Waals surface area contributed by atoms with Crippen LogP contribution in [0.25, 0.3) is 0 Å². The third kappa shape index (κ3) is 3.48. The number of benzene rings is 2. The lowest BCUT2D eigenvalue weighted by Crippen LogP contribution is -2.29. The summed E-state index contributed by atoms with van der Waals surface area (Å²) in [4.78, 5) is 23.4. The molecule has 2 aromatic rings. The Bertz CT molecular complexity index is 910. The van der Waals surface area contributed by atoms with Gasteiger partial charge in [-0.1, -0.05) is 36.4 Å². The molecule has 1 amide bonds. The van der Waals surface area contributed by atoms with Crippen molar-refractivity contribution in [3.8, 4) is 11.5 Å². The summed E-state index contributed by atoms with van der Waals surface area (Å²) in [7, 11) is 0. The largest absolute Gasteiger partial charge is 0.550 e. The Hall–Kier alpha value is -3.35. The fourth-order valence-corrected chi connectivity index (χ4v) is 3.25. The van der Waals surface area contributed by atoms with Crippen molar-refractivity contribution in [2.75, 3.05) is 6.79 Å². The second kappa shape index (κ2) is 7.11. The SMILES string of the molecule is O=C([O-])CCC(=O)N1N=C(c2ccccc2)C[C@@H]1c1ccc2c(c1)OCO2. The van der Waals surface area contributed by atoms with Gasteiger partial charge in [0.1, 0.15) is 0 Å². The van der Waals surface area contributed by atoms with Crippen LogP contribution in [0, 0.1) is 0 Å². The number of hydrogen-bond acceptors (Lipinski definition) is 6. The molecule has 0 saturated heterocycles. The molecule has 0 radical (unpaired) electrons. The van der Waals surface area contributed by atoms with E-state index in [1.165, 1.54) is 5.01 Å². The number of rotatable bonds is 5. The van der Waals surface area contributed by atoms with Crippen molar-refractivity contribution in [1.82, 2.24) is 5.01 Å². The molecule has 2 aromatic carbocycles. The van der Waals surface area contributed by atoms with Gasteiger partial charge in [0, 0.05) is 18.8 Å². The van der Waals surface area contributed by atoms with Crippen LogP contribution in [0.1, 0.15) is 36.4 Å². The minimum atomic E-state index is -1.26. The number of fused-ring (bicyclic) bond motifs is 1. The van der Waals surface area contributed by atoms with Crippen LogP contribution in [-0.4, -0.2) is 29.4 Å². The van der Waals surface area contributed by atoms with E-state index in [1.54, 1.807) is 0 Å². The van der Waals surface area contributed by atoms with E-state index in [0.29, 0.717) is 17.9 Å². The molecule has 1 atom stereocenters. The molecule has 2 aliphatic rings. The van der Waals surface area contributed by atoms with Gasteiger partial charge in [0.15, 0.2) is 11.5 Å². The number of amides is 1. The van der Waals surface area contributed by atoms with Gasteiger partial charge < -0.3 is 19.4 Å². The molecule has 0 spiro atoms. The zero-order valence-corrected chi connectivity index (χ0v) is 14.5. The predicted octanol–water partition coefficient (Wildman–Crippen LogP) is 1.62. The van der Waals surface area contributed by atoms with Crippen LogP contribution in [0.2, 0.25) is 0 Å². The van der Waals surface area contributed by atoms with Crippen LogP contribution < -0.4 is 14.6 Å². The van der Waals surface area contributed by atoms with E-state index in [2.05, 4.69) is 5.10 Å². The fourth-order valence-electron chi connectivity index (χ4n) is 3.25. The number of hydrazone groups is 1. The first-order valence-corrected chi connectivity index (χ1v) is 8.66. The third-order valence-electron chi connectivity index (χ3n) is 4.60. The summed E-state index contributed by atoms with van der Waals surface area (Å²) in [5, 5.41) is 16.6. The van der Waals surface area contributed by atoms with Gasteiger partial charge in [0.2, 0.25) is 12.7 Å². The first-order chi connectivity index (χ1) is 13.1. The van der Waals surface area contributed by atoms with Crippen molar-refractivity contribution in [3.63, 3.8) is 0 Å². The van der Waals surface area contributed by atoms with Gasteiger partial charge in [-0.3, -0.25) is 4.79 Å². The molecule has 0 bridgehead atoms. The molecule has 0 N–H and O–H groups in total. The van der Waals surface area contributed by atoms with E-state index in [9.17, 15) is 14.7 Å². The normalized spacial score (nSPS) is 17.7. The molecule has 0 aromatic heterocycles. The van der Waals surface area contributed by atoms with Crippen molar-refractivity contribution in [3.05, 3.63) is 59.7 Å². The monoisotopic (exact) mass is 365 g/mol. The average molecular weight is 365 g/mol. The molecule has 4 rings (SSSR count). The van der Waals surface area contributed by atoms with E-state index in [0.717, 1.165) is 16.8 Å². The summed E-state index contributed by atoms with van der Waals surface area (Å²) in [5.41, 5.74) is 2.56. The van der Waals surface area contributed by atoms with Crippen LogP contribution in [0.3, 0.4) is 0 Å². The number of carbonyl (C=O) groups is 2. The molecule has 0 unspecified atom stereocenters. The number of carboxylic acids is 1. The van der Waals surface area contributed by atoms with Gasteiger partial charge in [-0.25, -0.2) is 5.01 Å². The standard InChI is InChI=1S/C20H18N2O5/c23-19(8-9-20(24)25)22-16(11-15(21-22)13-4-2-1-3-5-13)14-6-7-17-18(10-14)27-12-26-17/h1-7,10,16H,8-9,11-12H2,(H,24,25)/p-1/t16-/m1/s1. The first-order valence-electron chi connectivity index (χ1n) is 8.66. The number of hydrogen-bond donors (Lipinski definition) is 0. The maximum absolute atomic E-state index is 12.6. The Labute approximate surface area is 155 Å². The minimum absolute atomic E-state index is 0.158. The lowest BCUT2D eigenvalue weighted by molar-refractivity contribution is -0.305. The van der Waals surface area contributed by atoms with Gasteiger partial charge in [-0.05, 0) is 29.7 Å². The highest BCUT2D eigenvalue weighted by Gasteiger charge is 2.33. The van der Waals surface area contributed by atoms with Crippen LogP contribution in [0.15, 0.2) is 53.6 Å². The van der Waals surface area contributed by atoms with E-state index in [-0.39, 0.29) is 31.6 Å². The van der Waals surface area contributed by atoms with Crippen LogP contribution in [-0.2, 0) is 9.59 Å². The van der Waals surface area contributed by atoms with Crippen molar-refractivity contribution in [1.29, 1.82) is 0 Å². The lowest BCUT2D eigenvalue weighted by atomic mass is 9.98. The quantitative estimate of drug-likeness (QED) is 0.803. The highest BCUT2D eigenvalue weighted by molar-refractivity contribution is 6.03. The fraction of sp³-hybridized carbons (Fsp3) is 0.250. The number of carbonyl (C=O) groups excluding carboxylic acids is 2. The average Bonchev–Trinajstić information content (AvgIpc) is 3.33. The topological polar surface area (TPSA) is 91.3 Å². The van der Waals surface area contributed by atoms with Crippen LogP contribution in [0.5, 0.6) is 11.5 Å². The van der Waals surface area contributed by atoms with Crippen molar-refractivity contribution < 1.29 is 24.2 Å². The molecule has 0 saturated carbocycles. The highest BCUT2D eigenvalue weighted by Crippen LogP contribution is 2.39. The first kappa shape index (κ1) is 17.1. The van der Waals surface area contributed by atoms with Gasteiger partial charge in [0.05, 0.1) is 11.8 Å². The highest BCUT2D eigenvalue weighted by atomic mass is 16.7. The lowest BCUT2D eigenvalue weighted by Gasteiger charge is -2.22. The molecule has 7 heteroatoms. The number of aliphatic carboxylic acids is 1. The molecule has 27 heavy (non-hydrogen) atoms. The van der Waals surface area contributed by atoms with Crippen molar-refractivity contribution >= 4 is 17.6 Å². The second-order valence-electron chi connectivity index (χ2n) is 6.36. The Kier molecular flexibility index (Phi) is 4.50. The minimum Gasteiger partial charge on any atom is -0.550 e. The summed E-state index contributed by atoms with van der Waals surface area (Å²) in [6.07, 6.45) is 0.0368. The Balaban J connectivity index is 1.64. The predicted molar refractivity (Wildman–Crippen MR) is 94.0 cm³/mol. The van der Waals surface area contributed by atoms with Gasteiger partial charge in [-0.2, -0.15) is 5.10 Å². The second-order valence-corrected chi connectivity index (χ2v) is 6.36. The molecule has 2 heterocycles. The zero-order valence-electron chi connectivity index (χ0n) is 14.5. The maximum Gasteiger partial charge on any atom is 0.243 e. The zero-order chi connectivity index (χ0) is 18.8. The Morgan fingerprint density at radius 2 is 1.85 bits per heavy atom.